The Morgan fingerprint density at radius 1 is 1.36 bits per heavy atom. The van der Waals surface area contributed by atoms with Crippen molar-refractivity contribution in [2.75, 3.05) is 11.9 Å². The van der Waals surface area contributed by atoms with Crippen molar-refractivity contribution in [2.24, 2.45) is 0 Å². The van der Waals surface area contributed by atoms with Gasteiger partial charge in [0.15, 0.2) is 0 Å². The molecule has 0 saturated carbocycles. The predicted octanol–water partition coefficient (Wildman–Crippen LogP) is 2.62. The van der Waals surface area contributed by atoms with Crippen molar-refractivity contribution in [2.45, 2.75) is 33.4 Å². The summed E-state index contributed by atoms with van der Waals surface area (Å²) in [6.07, 6.45) is 1.48. The Morgan fingerprint density at radius 2 is 2.16 bits per heavy atom. The Hall–Kier alpha value is -2.45. The van der Waals surface area contributed by atoms with Gasteiger partial charge in [-0.3, -0.25) is 4.79 Å². The molecule has 3 N–H and O–H groups in total. The lowest BCUT2D eigenvalue weighted by Gasteiger charge is -2.10. The van der Waals surface area contributed by atoms with Crippen LogP contribution in [0.4, 0.5) is 5.82 Å². The molecule has 3 heterocycles. The van der Waals surface area contributed by atoms with E-state index in [0.29, 0.717) is 17.2 Å². The average Bonchev–Trinajstić information content (AvgIpc) is 3.16. The van der Waals surface area contributed by atoms with Gasteiger partial charge in [-0.1, -0.05) is 0 Å². The van der Waals surface area contributed by atoms with E-state index in [9.17, 15) is 4.79 Å². The second-order valence-corrected chi connectivity index (χ2v) is 6.88. The summed E-state index contributed by atoms with van der Waals surface area (Å²) in [5, 5.41) is 16.0. The SMILES string of the molecule is Cc1ccc(CNc2ncnc3sc(C(=O)NC(C)CO)c(C)c23)o1. The zero-order chi connectivity index (χ0) is 18.0. The number of hydrogen-bond acceptors (Lipinski definition) is 7. The minimum atomic E-state index is -0.303. The number of carbonyl (C=O) groups is 1. The van der Waals surface area contributed by atoms with Crippen molar-refractivity contribution in [3.63, 3.8) is 0 Å². The number of amides is 1. The first-order valence-corrected chi connectivity index (χ1v) is 8.76. The van der Waals surface area contributed by atoms with Gasteiger partial charge in [0.25, 0.3) is 5.91 Å². The van der Waals surface area contributed by atoms with Crippen molar-refractivity contribution in [1.82, 2.24) is 15.3 Å². The number of aromatic nitrogens is 2. The van der Waals surface area contributed by atoms with E-state index in [1.54, 1.807) is 6.92 Å². The molecule has 0 radical (unpaired) electrons. The lowest BCUT2D eigenvalue weighted by molar-refractivity contribution is 0.0926. The van der Waals surface area contributed by atoms with Gasteiger partial charge < -0.3 is 20.2 Å². The van der Waals surface area contributed by atoms with Gasteiger partial charge in [0.2, 0.25) is 0 Å². The Morgan fingerprint density at radius 3 is 2.84 bits per heavy atom. The normalized spacial score (nSPS) is 12.3. The maximum Gasteiger partial charge on any atom is 0.262 e. The zero-order valence-corrected chi connectivity index (χ0v) is 15.1. The van der Waals surface area contributed by atoms with Gasteiger partial charge in [-0.05, 0) is 38.5 Å². The Bertz CT molecular complexity index is 903. The predicted molar refractivity (Wildman–Crippen MR) is 96.9 cm³/mol. The number of nitrogens with one attached hydrogen (secondary N) is 2. The van der Waals surface area contributed by atoms with E-state index >= 15 is 0 Å². The molecular weight excluding hydrogens is 340 g/mol. The van der Waals surface area contributed by atoms with Crippen molar-refractivity contribution in [3.8, 4) is 0 Å². The lowest BCUT2D eigenvalue weighted by Crippen LogP contribution is -2.34. The molecule has 0 aliphatic carbocycles. The number of furan rings is 1. The van der Waals surface area contributed by atoms with Crippen LogP contribution in [-0.2, 0) is 6.54 Å². The maximum atomic E-state index is 12.4. The molecule has 0 saturated heterocycles. The fourth-order valence-electron chi connectivity index (χ4n) is 2.51. The van der Waals surface area contributed by atoms with Crippen LogP contribution < -0.4 is 10.6 Å². The fraction of sp³-hybridized carbons (Fsp3) is 0.353. The molecule has 3 aromatic rings. The van der Waals surface area contributed by atoms with E-state index in [-0.39, 0.29) is 18.6 Å². The molecule has 0 spiro atoms. The van der Waals surface area contributed by atoms with Gasteiger partial charge in [-0.25, -0.2) is 9.97 Å². The average molecular weight is 360 g/mol. The first-order chi connectivity index (χ1) is 12.0. The highest BCUT2D eigenvalue weighted by atomic mass is 32.1. The number of anilines is 1. The molecule has 3 aromatic heterocycles. The summed E-state index contributed by atoms with van der Waals surface area (Å²) in [6.45, 7) is 5.92. The van der Waals surface area contributed by atoms with E-state index in [0.717, 1.165) is 27.3 Å². The minimum absolute atomic E-state index is 0.106. The number of aliphatic hydroxyl groups excluding tert-OH is 1. The minimum Gasteiger partial charge on any atom is -0.465 e. The van der Waals surface area contributed by atoms with Crippen molar-refractivity contribution < 1.29 is 14.3 Å². The highest BCUT2D eigenvalue weighted by Gasteiger charge is 2.20. The molecular formula is C17H20N4O3S. The van der Waals surface area contributed by atoms with Crippen molar-refractivity contribution in [1.29, 1.82) is 0 Å². The number of nitrogens with zero attached hydrogens (tertiary/aromatic N) is 2. The van der Waals surface area contributed by atoms with Crippen LogP contribution in [0.15, 0.2) is 22.9 Å². The fourth-order valence-corrected chi connectivity index (χ4v) is 3.56. The van der Waals surface area contributed by atoms with Crippen LogP contribution in [-0.4, -0.2) is 33.6 Å². The third kappa shape index (κ3) is 3.64. The van der Waals surface area contributed by atoms with E-state index < -0.39 is 0 Å². The Kier molecular flexibility index (Phi) is 5.00. The molecule has 0 fully saturated rings. The van der Waals surface area contributed by atoms with Crippen LogP contribution in [0.5, 0.6) is 0 Å². The van der Waals surface area contributed by atoms with Gasteiger partial charge in [0.05, 0.1) is 23.4 Å². The largest absolute Gasteiger partial charge is 0.465 e. The zero-order valence-electron chi connectivity index (χ0n) is 14.3. The molecule has 132 valence electrons. The van der Waals surface area contributed by atoms with Gasteiger partial charge in [-0.2, -0.15) is 0 Å². The van der Waals surface area contributed by atoms with Gasteiger partial charge in [-0.15, -0.1) is 11.3 Å². The molecule has 7 nitrogen and oxygen atoms in total. The Balaban J connectivity index is 1.88. The monoisotopic (exact) mass is 360 g/mol. The highest BCUT2D eigenvalue weighted by Crippen LogP contribution is 2.33. The number of hydrogen-bond donors (Lipinski definition) is 3. The summed E-state index contributed by atoms with van der Waals surface area (Å²) >= 11 is 1.32. The van der Waals surface area contributed by atoms with Crippen molar-refractivity contribution in [3.05, 3.63) is 40.4 Å². The number of carbonyl (C=O) groups excluding carboxylic acids is 1. The van der Waals surface area contributed by atoms with Crippen LogP contribution in [0.3, 0.4) is 0 Å². The van der Waals surface area contributed by atoms with Gasteiger partial charge in [0.1, 0.15) is 28.5 Å². The van der Waals surface area contributed by atoms with Gasteiger partial charge >= 0.3 is 0 Å². The standard InChI is InChI=1S/C17H20N4O3S/c1-9(7-22)21-16(23)14-11(3)13-15(19-8-20-17(13)25-14)18-6-12-5-4-10(2)24-12/h4-5,8-9,22H,6-7H2,1-3H3,(H,21,23)(H,18,19,20). The molecule has 1 unspecified atom stereocenters. The third-order valence-electron chi connectivity index (χ3n) is 3.81. The smallest absolute Gasteiger partial charge is 0.262 e. The molecule has 0 aromatic carbocycles. The molecule has 25 heavy (non-hydrogen) atoms. The Labute approximate surface area is 149 Å². The van der Waals surface area contributed by atoms with Gasteiger partial charge in [0, 0.05) is 6.04 Å². The van der Waals surface area contributed by atoms with E-state index in [2.05, 4.69) is 20.6 Å². The number of aryl methyl sites for hydroxylation is 2. The van der Waals surface area contributed by atoms with Crippen LogP contribution in [0.1, 0.15) is 33.7 Å². The first kappa shape index (κ1) is 17.4. The number of thiophene rings is 1. The summed E-state index contributed by atoms with van der Waals surface area (Å²) in [6, 6.07) is 3.52. The molecule has 8 heteroatoms. The number of fused-ring (bicyclic) bond motifs is 1. The van der Waals surface area contributed by atoms with Crippen LogP contribution in [0.2, 0.25) is 0 Å². The molecule has 0 bridgehead atoms. The topological polar surface area (TPSA) is 100 Å². The summed E-state index contributed by atoms with van der Waals surface area (Å²) in [7, 11) is 0. The maximum absolute atomic E-state index is 12.4. The first-order valence-electron chi connectivity index (χ1n) is 7.94. The second-order valence-electron chi connectivity index (χ2n) is 5.88. The molecule has 0 aliphatic heterocycles. The van der Waals surface area contributed by atoms with Crippen LogP contribution >= 0.6 is 11.3 Å². The second kappa shape index (κ2) is 7.20. The quantitative estimate of drug-likeness (QED) is 0.625. The highest BCUT2D eigenvalue weighted by molar-refractivity contribution is 7.20. The number of aliphatic hydroxyl groups is 1. The molecule has 1 amide bonds. The van der Waals surface area contributed by atoms with E-state index in [4.69, 9.17) is 9.52 Å². The van der Waals surface area contributed by atoms with E-state index in [1.807, 2.05) is 26.0 Å². The summed E-state index contributed by atoms with van der Waals surface area (Å²) in [5.74, 6) is 2.12. The summed E-state index contributed by atoms with van der Waals surface area (Å²) in [4.78, 5) is 22.3. The molecule has 3 rings (SSSR count). The lowest BCUT2D eigenvalue weighted by atomic mass is 10.2. The third-order valence-corrected chi connectivity index (χ3v) is 5.01. The molecule has 0 aliphatic rings. The van der Waals surface area contributed by atoms with E-state index in [1.165, 1.54) is 17.7 Å². The van der Waals surface area contributed by atoms with Crippen LogP contribution in [0.25, 0.3) is 10.2 Å². The summed E-state index contributed by atoms with van der Waals surface area (Å²) < 4.78 is 5.56. The number of rotatable bonds is 6. The van der Waals surface area contributed by atoms with Crippen LogP contribution in [0, 0.1) is 13.8 Å². The molecule has 1 atom stereocenters. The van der Waals surface area contributed by atoms with Crippen molar-refractivity contribution >= 4 is 33.3 Å². The summed E-state index contributed by atoms with van der Waals surface area (Å²) in [5.41, 5.74) is 0.821.